The Balaban J connectivity index is 2.24. The predicted molar refractivity (Wildman–Crippen MR) is 84.1 cm³/mol. The Bertz CT molecular complexity index is 563. The first-order valence-electron chi connectivity index (χ1n) is 7.08. The topological polar surface area (TPSA) is 29.9 Å². The van der Waals surface area contributed by atoms with Gasteiger partial charge in [0.2, 0.25) is 0 Å². The molecule has 0 saturated carbocycles. The van der Waals surface area contributed by atoms with Crippen molar-refractivity contribution in [3.8, 4) is 0 Å². The molecule has 0 radical (unpaired) electrons. The van der Waals surface area contributed by atoms with Gasteiger partial charge in [-0.3, -0.25) is 4.68 Å². The predicted octanol–water partition coefficient (Wildman–Crippen LogP) is 3.67. The zero-order valence-corrected chi connectivity index (χ0v) is 13.1. The highest BCUT2D eigenvalue weighted by Gasteiger charge is 2.16. The highest BCUT2D eigenvalue weighted by Crippen LogP contribution is 2.28. The monoisotopic (exact) mass is 291 g/mol. The van der Waals surface area contributed by atoms with Crippen molar-refractivity contribution in [1.29, 1.82) is 0 Å². The molecule has 1 unspecified atom stereocenters. The summed E-state index contributed by atoms with van der Waals surface area (Å²) in [5, 5.41) is 8.91. The fourth-order valence-electron chi connectivity index (χ4n) is 2.33. The largest absolute Gasteiger partial charge is 0.310 e. The minimum atomic E-state index is 0.206. The van der Waals surface area contributed by atoms with Crippen LogP contribution in [0.5, 0.6) is 0 Å². The van der Waals surface area contributed by atoms with Crippen LogP contribution >= 0.6 is 11.6 Å². The summed E-state index contributed by atoms with van der Waals surface area (Å²) >= 11 is 6.47. The lowest BCUT2D eigenvalue weighted by molar-refractivity contribution is 0.521. The zero-order valence-electron chi connectivity index (χ0n) is 12.4. The third-order valence-electron chi connectivity index (χ3n) is 3.42. The molecule has 0 aliphatic heterocycles. The standard InChI is InChI=1S/C16H22ClN3/c1-4-9-18-15(11-13-8-10-20(3)19-13)14-7-5-6-12(2)16(14)17/h5-8,10,15,18H,4,9,11H2,1-3H3. The second-order valence-electron chi connectivity index (χ2n) is 5.17. The van der Waals surface area contributed by atoms with Gasteiger partial charge in [0.1, 0.15) is 0 Å². The smallest absolute Gasteiger partial charge is 0.0643 e. The molecule has 1 aromatic heterocycles. The average molecular weight is 292 g/mol. The van der Waals surface area contributed by atoms with Crippen LogP contribution in [-0.2, 0) is 13.5 Å². The number of aryl methyl sites for hydroxylation is 2. The molecule has 4 heteroatoms. The van der Waals surface area contributed by atoms with Gasteiger partial charge < -0.3 is 5.32 Å². The Kier molecular flexibility index (Phi) is 5.21. The van der Waals surface area contributed by atoms with E-state index in [-0.39, 0.29) is 6.04 Å². The first kappa shape index (κ1) is 15.1. The fraction of sp³-hybridized carbons (Fsp3) is 0.438. The Labute approximate surface area is 126 Å². The van der Waals surface area contributed by atoms with Crippen molar-refractivity contribution in [2.24, 2.45) is 7.05 Å². The number of aromatic nitrogens is 2. The van der Waals surface area contributed by atoms with Crippen LogP contribution in [0.1, 0.15) is 36.2 Å². The minimum Gasteiger partial charge on any atom is -0.310 e. The summed E-state index contributed by atoms with van der Waals surface area (Å²) < 4.78 is 1.84. The SMILES string of the molecule is CCCNC(Cc1ccn(C)n1)c1cccc(C)c1Cl. The van der Waals surface area contributed by atoms with Crippen molar-refractivity contribution in [3.05, 3.63) is 52.3 Å². The number of rotatable bonds is 6. The molecule has 0 spiro atoms. The third kappa shape index (κ3) is 3.62. The van der Waals surface area contributed by atoms with Gasteiger partial charge in [-0.25, -0.2) is 0 Å². The van der Waals surface area contributed by atoms with Crippen LogP contribution in [-0.4, -0.2) is 16.3 Å². The van der Waals surface area contributed by atoms with Crippen LogP contribution < -0.4 is 5.32 Å². The molecule has 0 fully saturated rings. The molecular formula is C16H22ClN3. The summed E-state index contributed by atoms with van der Waals surface area (Å²) in [5.74, 6) is 0. The van der Waals surface area contributed by atoms with E-state index < -0.39 is 0 Å². The number of hydrogen-bond donors (Lipinski definition) is 1. The van der Waals surface area contributed by atoms with Gasteiger partial charge in [0, 0.05) is 30.7 Å². The van der Waals surface area contributed by atoms with Crippen LogP contribution in [0, 0.1) is 6.92 Å². The second kappa shape index (κ2) is 6.91. The first-order valence-corrected chi connectivity index (χ1v) is 7.46. The lowest BCUT2D eigenvalue weighted by Crippen LogP contribution is -2.24. The van der Waals surface area contributed by atoms with Gasteiger partial charge in [0.05, 0.1) is 5.69 Å². The molecule has 0 bridgehead atoms. The number of nitrogens with zero attached hydrogens (tertiary/aromatic N) is 2. The molecule has 108 valence electrons. The quantitative estimate of drug-likeness (QED) is 0.880. The van der Waals surface area contributed by atoms with Gasteiger partial charge >= 0.3 is 0 Å². The molecule has 0 saturated heterocycles. The first-order chi connectivity index (χ1) is 9.61. The fourth-order valence-corrected chi connectivity index (χ4v) is 2.59. The van der Waals surface area contributed by atoms with Crippen molar-refractivity contribution >= 4 is 11.6 Å². The van der Waals surface area contributed by atoms with E-state index >= 15 is 0 Å². The van der Waals surface area contributed by atoms with Gasteiger partial charge in [-0.1, -0.05) is 36.7 Å². The molecule has 0 aliphatic rings. The maximum Gasteiger partial charge on any atom is 0.0643 e. The zero-order chi connectivity index (χ0) is 14.5. The van der Waals surface area contributed by atoms with Crippen LogP contribution in [0.2, 0.25) is 5.02 Å². The normalized spacial score (nSPS) is 12.6. The highest BCUT2D eigenvalue weighted by molar-refractivity contribution is 6.32. The van der Waals surface area contributed by atoms with Gasteiger partial charge in [0.15, 0.2) is 0 Å². The van der Waals surface area contributed by atoms with Crippen molar-refractivity contribution in [3.63, 3.8) is 0 Å². The van der Waals surface area contributed by atoms with Crippen molar-refractivity contribution in [1.82, 2.24) is 15.1 Å². The summed E-state index contributed by atoms with van der Waals surface area (Å²) in [6.07, 6.45) is 3.93. The van der Waals surface area contributed by atoms with E-state index in [1.807, 2.05) is 30.9 Å². The lowest BCUT2D eigenvalue weighted by Gasteiger charge is -2.20. The minimum absolute atomic E-state index is 0.206. The van der Waals surface area contributed by atoms with Gasteiger partial charge in [-0.2, -0.15) is 5.10 Å². The molecule has 20 heavy (non-hydrogen) atoms. The van der Waals surface area contributed by atoms with Gasteiger partial charge in [-0.05, 0) is 37.1 Å². The van der Waals surface area contributed by atoms with E-state index in [1.54, 1.807) is 0 Å². The summed E-state index contributed by atoms with van der Waals surface area (Å²) in [4.78, 5) is 0. The van der Waals surface area contributed by atoms with E-state index in [1.165, 1.54) is 0 Å². The summed E-state index contributed by atoms with van der Waals surface area (Å²) in [6, 6.07) is 8.48. The molecule has 3 nitrogen and oxygen atoms in total. The van der Waals surface area contributed by atoms with E-state index in [2.05, 4.69) is 35.5 Å². The average Bonchev–Trinajstić information content (AvgIpc) is 2.83. The summed E-state index contributed by atoms with van der Waals surface area (Å²) in [7, 11) is 1.94. The van der Waals surface area contributed by atoms with Crippen LogP contribution in [0.25, 0.3) is 0 Å². The van der Waals surface area contributed by atoms with Crippen LogP contribution in [0.15, 0.2) is 30.5 Å². The van der Waals surface area contributed by atoms with E-state index in [4.69, 9.17) is 11.6 Å². The van der Waals surface area contributed by atoms with E-state index in [0.29, 0.717) is 0 Å². The molecule has 0 aliphatic carbocycles. The third-order valence-corrected chi connectivity index (χ3v) is 3.94. The molecule has 1 N–H and O–H groups in total. The van der Waals surface area contributed by atoms with Crippen LogP contribution in [0.4, 0.5) is 0 Å². The maximum atomic E-state index is 6.47. The number of nitrogens with one attached hydrogen (secondary N) is 1. The lowest BCUT2D eigenvalue weighted by atomic mass is 10.00. The molecule has 2 aromatic rings. The van der Waals surface area contributed by atoms with Crippen molar-refractivity contribution < 1.29 is 0 Å². The Morgan fingerprint density at radius 2 is 2.15 bits per heavy atom. The van der Waals surface area contributed by atoms with Gasteiger partial charge in [-0.15, -0.1) is 0 Å². The van der Waals surface area contributed by atoms with E-state index in [9.17, 15) is 0 Å². The highest BCUT2D eigenvalue weighted by atomic mass is 35.5. The van der Waals surface area contributed by atoms with Crippen molar-refractivity contribution in [2.45, 2.75) is 32.7 Å². The number of halogens is 1. The Hall–Kier alpha value is -1.32. The van der Waals surface area contributed by atoms with Crippen molar-refractivity contribution in [2.75, 3.05) is 6.54 Å². The maximum absolute atomic E-state index is 6.47. The summed E-state index contributed by atoms with van der Waals surface area (Å²) in [6.45, 7) is 5.19. The Morgan fingerprint density at radius 3 is 2.80 bits per heavy atom. The molecule has 2 rings (SSSR count). The second-order valence-corrected chi connectivity index (χ2v) is 5.55. The van der Waals surface area contributed by atoms with Gasteiger partial charge in [0.25, 0.3) is 0 Å². The Morgan fingerprint density at radius 1 is 1.35 bits per heavy atom. The molecule has 0 amide bonds. The molecule has 1 aromatic carbocycles. The summed E-state index contributed by atoms with van der Waals surface area (Å²) in [5.41, 5.74) is 3.36. The molecule has 1 atom stereocenters. The molecular weight excluding hydrogens is 270 g/mol. The van der Waals surface area contributed by atoms with E-state index in [0.717, 1.165) is 41.2 Å². The number of hydrogen-bond acceptors (Lipinski definition) is 2. The number of benzene rings is 1. The van der Waals surface area contributed by atoms with Crippen LogP contribution in [0.3, 0.4) is 0 Å². The molecule has 1 heterocycles.